The molecule has 1 N–H and O–H groups in total. The SMILES string of the molecule is CCC1=C(C#C[C@@H](C)N2CCCCC2C)/C=C/N=C(/NC)C2(CCC2)\C(I)=C\1. The van der Waals surface area contributed by atoms with Crippen molar-refractivity contribution < 1.29 is 0 Å². The number of rotatable bonds is 2. The van der Waals surface area contributed by atoms with E-state index in [1.54, 1.807) is 0 Å². The van der Waals surface area contributed by atoms with E-state index in [9.17, 15) is 0 Å². The van der Waals surface area contributed by atoms with Gasteiger partial charge >= 0.3 is 0 Å². The Hall–Kier alpha value is -1.06. The summed E-state index contributed by atoms with van der Waals surface area (Å²) in [7, 11) is 1.99. The topological polar surface area (TPSA) is 27.6 Å². The van der Waals surface area contributed by atoms with Crippen molar-refractivity contribution in [3.63, 3.8) is 0 Å². The molecule has 0 bridgehead atoms. The van der Waals surface area contributed by atoms with Gasteiger partial charge < -0.3 is 5.32 Å². The molecule has 3 rings (SSSR count). The molecule has 152 valence electrons. The molecular formula is C24H34IN3. The van der Waals surface area contributed by atoms with Gasteiger partial charge in [0.2, 0.25) is 0 Å². The van der Waals surface area contributed by atoms with Crippen molar-refractivity contribution in [2.24, 2.45) is 10.4 Å². The number of nitrogens with zero attached hydrogens (tertiary/aromatic N) is 2. The third-order valence-corrected chi connectivity index (χ3v) is 7.94. The maximum absolute atomic E-state index is 4.80. The van der Waals surface area contributed by atoms with Gasteiger partial charge in [0.25, 0.3) is 0 Å². The van der Waals surface area contributed by atoms with Crippen LogP contribution in [0.5, 0.6) is 0 Å². The fraction of sp³-hybridized carbons (Fsp3) is 0.625. The summed E-state index contributed by atoms with van der Waals surface area (Å²) in [6, 6.07) is 0.926. The standard InChI is InChI=1S/C24H34IN3/c1-5-20-17-22(25)24(13-8-14-24)23(26-4)27-15-12-21(20)11-10-19(3)28-16-7-6-9-18(28)2/h12,15,17-19H,5-9,13-14,16H2,1-4H3,(H,26,27)/b15-12+,21-20-,22-17-/t18?,19-/m1/s1. The number of piperidine rings is 1. The van der Waals surface area contributed by atoms with Gasteiger partial charge in [0.05, 0.1) is 11.5 Å². The van der Waals surface area contributed by atoms with Crippen molar-refractivity contribution in [3.8, 4) is 11.8 Å². The predicted octanol–water partition coefficient (Wildman–Crippen LogP) is 5.59. The minimum Gasteiger partial charge on any atom is -0.376 e. The normalized spacial score (nSPS) is 33.5. The molecule has 1 unspecified atom stereocenters. The summed E-state index contributed by atoms with van der Waals surface area (Å²) in [6.07, 6.45) is 15.0. The van der Waals surface area contributed by atoms with E-state index in [-0.39, 0.29) is 5.41 Å². The van der Waals surface area contributed by atoms with Crippen LogP contribution in [0.2, 0.25) is 0 Å². The first-order chi connectivity index (χ1) is 13.5. The monoisotopic (exact) mass is 491 g/mol. The largest absolute Gasteiger partial charge is 0.376 e. The van der Waals surface area contributed by atoms with Crippen molar-refractivity contribution >= 4 is 28.4 Å². The number of allylic oxidation sites excluding steroid dienone is 4. The zero-order valence-electron chi connectivity index (χ0n) is 17.8. The quantitative estimate of drug-likeness (QED) is 0.403. The Bertz CT molecular complexity index is 758. The van der Waals surface area contributed by atoms with Gasteiger partial charge in [-0.1, -0.05) is 31.6 Å². The molecule has 3 aliphatic rings. The Labute approximate surface area is 185 Å². The third kappa shape index (κ3) is 4.41. The molecule has 0 aromatic carbocycles. The number of hydrogen-bond acceptors (Lipinski definition) is 3. The molecule has 1 saturated carbocycles. The van der Waals surface area contributed by atoms with Crippen LogP contribution >= 0.6 is 22.6 Å². The summed E-state index contributed by atoms with van der Waals surface area (Å²) < 4.78 is 1.39. The minimum atomic E-state index is 0.0828. The highest BCUT2D eigenvalue weighted by molar-refractivity contribution is 14.1. The zero-order chi connectivity index (χ0) is 20.1. The second kappa shape index (κ2) is 9.63. The summed E-state index contributed by atoms with van der Waals surface area (Å²) in [5.74, 6) is 8.15. The van der Waals surface area contributed by atoms with E-state index >= 15 is 0 Å². The highest BCUT2D eigenvalue weighted by atomic mass is 127. The van der Waals surface area contributed by atoms with Gasteiger partial charge in [0.15, 0.2) is 0 Å². The first-order valence-electron chi connectivity index (χ1n) is 10.8. The summed E-state index contributed by atoms with van der Waals surface area (Å²) in [4.78, 5) is 7.36. The lowest BCUT2D eigenvalue weighted by Gasteiger charge is -2.42. The molecule has 2 fully saturated rings. The smallest absolute Gasteiger partial charge is 0.112 e. The molecule has 1 spiro atoms. The number of hydrogen-bond donors (Lipinski definition) is 1. The van der Waals surface area contributed by atoms with Crippen LogP contribution in [-0.2, 0) is 0 Å². The van der Waals surface area contributed by atoms with Gasteiger partial charge in [0.1, 0.15) is 5.84 Å². The van der Waals surface area contributed by atoms with E-state index < -0.39 is 0 Å². The Morgan fingerprint density at radius 3 is 2.75 bits per heavy atom. The van der Waals surface area contributed by atoms with Gasteiger partial charge in [-0.05, 0) is 92.8 Å². The Morgan fingerprint density at radius 2 is 2.14 bits per heavy atom. The molecule has 1 aliphatic carbocycles. The molecule has 0 aromatic rings. The van der Waals surface area contributed by atoms with Crippen LogP contribution in [-0.4, -0.2) is 36.4 Å². The molecule has 2 heterocycles. The first kappa shape index (κ1) is 21.6. The van der Waals surface area contributed by atoms with Gasteiger partial charge in [0, 0.05) is 28.4 Å². The summed E-state index contributed by atoms with van der Waals surface area (Å²) >= 11 is 2.53. The van der Waals surface area contributed by atoms with Crippen LogP contribution in [0.25, 0.3) is 0 Å². The highest BCUT2D eigenvalue weighted by Crippen LogP contribution is 2.51. The van der Waals surface area contributed by atoms with Crippen LogP contribution in [0, 0.1) is 17.3 Å². The summed E-state index contributed by atoms with van der Waals surface area (Å²) in [6.45, 7) is 7.99. The molecule has 0 aromatic heterocycles. The van der Waals surface area contributed by atoms with E-state index in [0.29, 0.717) is 12.1 Å². The van der Waals surface area contributed by atoms with E-state index in [4.69, 9.17) is 4.99 Å². The Kier molecular flexibility index (Phi) is 7.44. The highest BCUT2D eigenvalue weighted by Gasteiger charge is 2.44. The van der Waals surface area contributed by atoms with Crippen molar-refractivity contribution in [2.75, 3.05) is 13.6 Å². The lowest BCUT2D eigenvalue weighted by molar-refractivity contribution is 0.141. The second-order valence-corrected chi connectivity index (χ2v) is 9.45. The molecule has 1 saturated heterocycles. The second-order valence-electron chi connectivity index (χ2n) is 8.29. The van der Waals surface area contributed by atoms with Crippen molar-refractivity contribution in [1.29, 1.82) is 0 Å². The molecule has 0 amide bonds. The number of likely N-dealkylation sites (tertiary alicyclic amines) is 1. The van der Waals surface area contributed by atoms with Crippen molar-refractivity contribution in [1.82, 2.24) is 10.2 Å². The molecule has 2 atom stereocenters. The molecule has 2 aliphatic heterocycles. The molecule has 0 radical (unpaired) electrons. The number of aliphatic imine (C=N–C) groups is 1. The van der Waals surface area contributed by atoms with E-state index in [1.807, 2.05) is 13.2 Å². The minimum absolute atomic E-state index is 0.0828. The summed E-state index contributed by atoms with van der Waals surface area (Å²) in [5, 5.41) is 3.36. The van der Waals surface area contributed by atoms with Gasteiger partial charge in [-0.15, -0.1) is 0 Å². The molecule has 4 heteroatoms. The Morgan fingerprint density at radius 1 is 1.36 bits per heavy atom. The Balaban J connectivity index is 1.93. The van der Waals surface area contributed by atoms with Crippen LogP contribution in [0.4, 0.5) is 0 Å². The summed E-state index contributed by atoms with van der Waals surface area (Å²) in [5.41, 5.74) is 2.52. The van der Waals surface area contributed by atoms with Crippen LogP contribution in [0.1, 0.15) is 65.7 Å². The fourth-order valence-electron chi connectivity index (χ4n) is 4.58. The first-order valence-corrected chi connectivity index (χ1v) is 11.9. The average Bonchev–Trinajstić information content (AvgIpc) is 2.71. The van der Waals surface area contributed by atoms with Crippen LogP contribution in [0.3, 0.4) is 0 Å². The lowest BCUT2D eigenvalue weighted by Crippen LogP contribution is -2.44. The van der Waals surface area contributed by atoms with E-state index in [1.165, 1.54) is 54.2 Å². The van der Waals surface area contributed by atoms with Crippen molar-refractivity contribution in [3.05, 3.63) is 33.1 Å². The molecule has 3 nitrogen and oxygen atoms in total. The predicted molar refractivity (Wildman–Crippen MR) is 129 cm³/mol. The average molecular weight is 491 g/mol. The van der Waals surface area contributed by atoms with Crippen LogP contribution in [0.15, 0.2) is 38.1 Å². The maximum atomic E-state index is 4.80. The fourth-order valence-corrected chi connectivity index (χ4v) is 5.75. The number of halogens is 1. The van der Waals surface area contributed by atoms with Gasteiger partial charge in [-0.2, -0.15) is 0 Å². The van der Waals surface area contributed by atoms with Crippen LogP contribution < -0.4 is 5.32 Å². The van der Waals surface area contributed by atoms with Gasteiger partial charge in [-0.25, -0.2) is 4.99 Å². The molecule has 28 heavy (non-hydrogen) atoms. The van der Waals surface area contributed by atoms with E-state index in [2.05, 4.69) is 77.6 Å². The molecular weight excluding hydrogens is 457 g/mol. The zero-order valence-corrected chi connectivity index (χ0v) is 20.0. The lowest BCUT2D eigenvalue weighted by atomic mass is 9.67. The third-order valence-electron chi connectivity index (χ3n) is 6.59. The van der Waals surface area contributed by atoms with Gasteiger partial charge in [-0.3, -0.25) is 4.90 Å². The maximum Gasteiger partial charge on any atom is 0.112 e. The van der Waals surface area contributed by atoms with E-state index in [0.717, 1.165) is 17.8 Å². The number of nitrogens with one attached hydrogen (secondary N) is 1. The number of amidine groups is 1. The van der Waals surface area contributed by atoms with Crippen molar-refractivity contribution in [2.45, 2.75) is 77.8 Å².